The van der Waals surface area contributed by atoms with E-state index in [9.17, 15) is 27.1 Å². The van der Waals surface area contributed by atoms with Crippen molar-refractivity contribution in [1.82, 2.24) is 0 Å². The third kappa shape index (κ3) is 30.4. The zero-order chi connectivity index (χ0) is 72.8. The van der Waals surface area contributed by atoms with Crippen LogP contribution in [0.3, 0.4) is 0 Å². The first-order chi connectivity index (χ1) is 45.6. The molecule has 518 valence electrons. The van der Waals surface area contributed by atoms with Crippen molar-refractivity contribution in [3.63, 3.8) is 0 Å². The summed E-state index contributed by atoms with van der Waals surface area (Å²) in [4.78, 5) is 0. The number of phenols is 1. The average Bonchev–Trinajstić information content (AvgIpc) is 1.72. The number of benzene rings is 10. The Morgan fingerprint density at radius 3 is 1.32 bits per heavy atom. The minimum Gasteiger partial charge on any atom is -0.507 e. The largest absolute Gasteiger partial charge is 0.507 e. The van der Waals surface area contributed by atoms with Crippen molar-refractivity contribution in [3.8, 4) is 40.2 Å². The number of para-hydroxylation sites is 1. The summed E-state index contributed by atoms with van der Waals surface area (Å²) in [5, 5.41) is 15.1. The quantitative estimate of drug-likeness (QED) is 0.137. The lowest BCUT2D eigenvalue weighted by atomic mass is 10.1. The number of fused-ring (bicyclic) bond motifs is 2. The van der Waals surface area contributed by atoms with Gasteiger partial charge in [0, 0.05) is 31.2 Å². The Labute approximate surface area is 611 Å². The van der Waals surface area contributed by atoms with Crippen LogP contribution < -0.4 is 28.4 Å². The summed E-state index contributed by atoms with van der Waals surface area (Å²) >= 11 is 51.3. The molecule has 0 bridgehead atoms. The number of methoxy groups -OCH3 is 2. The summed E-state index contributed by atoms with van der Waals surface area (Å²) in [5.74, 6) is 1.81. The Bertz CT molecular complexity index is 3840. The minimum atomic E-state index is -0.782. The first-order valence-corrected chi connectivity index (χ1v) is 32.6. The normalized spacial score (nSPS) is 10.6. The predicted molar refractivity (Wildman–Crippen MR) is 393 cm³/mol. The van der Waals surface area contributed by atoms with Crippen LogP contribution in [0.5, 0.6) is 40.2 Å². The number of aryl methyl sites for hydroxylation is 12. The zero-order valence-corrected chi connectivity index (χ0v) is 62.5. The smallest absolute Gasteiger partial charge is 0.231 e. The van der Waals surface area contributed by atoms with Gasteiger partial charge in [-0.15, -0.1) is 0 Å². The lowest BCUT2D eigenvalue weighted by Crippen LogP contribution is -1.93. The molecule has 0 aliphatic carbocycles. The van der Waals surface area contributed by atoms with Crippen LogP contribution >= 0.6 is 104 Å². The summed E-state index contributed by atoms with van der Waals surface area (Å²) in [5.41, 5.74) is 11.3. The van der Waals surface area contributed by atoms with Crippen LogP contribution in [0.25, 0.3) is 0 Å². The molecule has 2 aliphatic heterocycles. The van der Waals surface area contributed by atoms with Gasteiger partial charge in [-0.25, -0.2) is 22.0 Å². The second-order valence-electron chi connectivity index (χ2n) is 21.4. The third-order valence-corrected chi connectivity index (χ3v) is 16.1. The Balaban J connectivity index is 0.000000281. The first-order valence-electron chi connectivity index (χ1n) is 29.2. The van der Waals surface area contributed by atoms with E-state index in [-0.39, 0.29) is 12.6 Å². The number of hydrogen-bond donors (Lipinski definition) is 1. The van der Waals surface area contributed by atoms with Gasteiger partial charge in [-0.1, -0.05) is 171 Å². The van der Waals surface area contributed by atoms with E-state index >= 15 is 0 Å². The third-order valence-electron chi connectivity index (χ3n) is 13.0. The highest BCUT2D eigenvalue weighted by atomic mass is 35.5. The fourth-order valence-electron chi connectivity index (χ4n) is 8.14. The maximum Gasteiger partial charge on any atom is 0.231 e. The van der Waals surface area contributed by atoms with Crippen molar-refractivity contribution in [3.05, 3.63) is 305 Å². The fourth-order valence-corrected chi connectivity index (χ4v) is 10.2. The van der Waals surface area contributed by atoms with Gasteiger partial charge in [-0.2, -0.15) is 0 Å². The Morgan fingerprint density at radius 2 is 0.825 bits per heavy atom. The summed E-state index contributed by atoms with van der Waals surface area (Å²) < 4.78 is 92.3. The van der Waals surface area contributed by atoms with Crippen LogP contribution in [-0.4, -0.2) is 32.9 Å². The number of phenolic OH excluding ortho intramolecular Hbond substituents is 1. The van der Waals surface area contributed by atoms with Gasteiger partial charge in [0.15, 0.2) is 46.2 Å². The van der Waals surface area contributed by atoms with Gasteiger partial charge in [0.1, 0.15) is 17.4 Å². The molecule has 0 fully saturated rings. The molecule has 1 N–H and O–H groups in total. The van der Waals surface area contributed by atoms with Crippen LogP contribution in [0.2, 0.25) is 45.2 Å². The second-order valence-corrected chi connectivity index (χ2v) is 25.2. The van der Waals surface area contributed by atoms with Crippen molar-refractivity contribution < 1.29 is 55.5 Å². The van der Waals surface area contributed by atoms with Crippen LogP contribution in [0.4, 0.5) is 22.0 Å². The van der Waals surface area contributed by atoms with E-state index in [2.05, 4.69) is 0 Å². The van der Waals surface area contributed by atoms with E-state index < -0.39 is 23.3 Å². The van der Waals surface area contributed by atoms with Gasteiger partial charge in [-0.05, 0) is 241 Å². The summed E-state index contributed by atoms with van der Waals surface area (Å²) in [6.45, 7) is 23.2. The van der Waals surface area contributed by atoms with Crippen molar-refractivity contribution >= 4 is 104 Å². The molecular formula is C76H74Cl9F5O7. The number of rotatable bonds is 2. The van der Waals surface area contributed by atoms with E-state index in [1.807, 2.05) is 154 Å². The number of ether oxygens (including phenoxy) is 6. The molecule has 0 aromatic heterocycles. The molecule has 0 amide bonds. The molecule has 12 rings (SSSR count). The molecule has 0 radical (unpaired) electrons. The van der Waals surface area contributed by atoms with Gasteiger partial charge in [-0.3, -0.25) is 0 Å². The molecule has 0 atom stereocenters. The molecular weight excluding hydrogens is 1440 g/mol. The number of hydrogen-bond acceptors (Lipinski definition) is 7. The molecule has 10 aromatic carbocycles. The van der Waals surface area contributed by atoms with Crippen molar-refractivity contribution in [2.45, 2.75) is 83.1 Å². The maximum absolute atomic E-state index is 12.7. The van der Waals surface area contributed by atoms with E-state index in [1.165, 1.54) is 49.9 Å². The average molecular weight is 1510 g/mol. The molecule has 7 nitrogen and oxygen atoms in total. The van der Waals surface area contributed by atoms with Crippen LogP contribution in [0.1, 0.15) is 66.8 Å². The minimum absolute atomic E-state index is 0.287. The highest BCUT2D eigenvalue weighted by Crippen LogP contribution is 2.42. The van der Waals surface area contributed by atoms with Gasteiger partial charge in [0.2, 0.25) is 19.3 Å². The fraction of sp³-hybridized carbons (Fsp3) is 0.211. The monoisotopic (exact) mass is 1510 g/mol. The van der Waals surface area contributed by atoms with E-state index in [0.29, 0.717) is 75.3 Å². The van der Waals surface area contributed by atoms with Gasteiger partial charge >= 0.3 is 0 Å². The van der Waals surface area contributed by atoms with Crippen molar-refractivity contribution in [2.75, 3.05) is 27.8 Å². The SMILES string of the molecule is COc1cc(C)cc2c1OCO2.COc1ccc(C)cc1F.Cc1cc(C)c(O)c(C)c1.Cc1cc(Cl)cc(Cl)c1.Cc1cc(Cl)cc(Cl)c1Cl.Cc1cc(F)cc(F)c1.Cc1ccc(Cl)cc1Cl.Cc1cccc(Cl)c1Cl.Cc1cccc(F)c1F.Cc1cccc2c1OCO2. The maximum atomic E-state index is 12.7. The highest BCUT2D eigenvalue weighted by Gasteiger charge is 2.19. The highest BCUT2D eigenvalue weighted by molar-refractivity contribution is 6.44. The van der Waals surface area contributed by atoms with Gasteiger partial charge < -0.3 is 33.5 Å². The second kappa shape index (κ2) is 42.8. The molecule has 0 saturated heterocycles. The van der Waals surface area contributed by atoms with Crippen molar-refractivity contribution in [2.24, 2.45) is 0 Å². The predicted octanol–water partition coefficient (Wildman–Crippen LogP) is 26.3. The Hall–Kier alpha value is -6.94. The lowest BCUT2D eigenvalue weighted by molar-refractivity contribution is 0.171. The van der Waals surface area contributed by atoms with Crippen molar-refractivity contribution in [1.29, 1.82) is 0 Å². The summed E-state index contributed by atoms with van der Waals surface area (Å²) in [7, 11) is 3.07. The zero-order valence-electron chi connectivity index (χ0n) is 55.7. The van der Waals surface area contributed by atoms with Gasteiger partial charge in [0.25, 0.3) is 0 Å². The van der Waals surface area contributed by atoms with Gasteiger partial charge in [0.05, 0.1) is 34.3 Å². The molecule has 2 aliphatic rings. The topological polar surface area (TPSA) is 75.6 Å². The molecule has 97 heavy (non-hydrogen) atoms. The van der Waals surface area contributed by atoms with Crippen LogP contribution in [0.15, 0.2) is 164 Å². The standard InChI is InChI=1S/C9H10O3.C9H12O.C8H9FO.C8H8O2.C7H5Cl3.3C7H6Cl2.2C7H6F2/c1-6-3-7(10-2)9-8(4-6)11-5-12-9;1-6-4-7(2)9(10)8(3)5-6;1-6-3-4-8(10-2)7(9)5-6;1-6-3-2-4-7-8(6)10-5-9-7;1-4-2-5(8)3-6(9)7(4)10;1-5-2-6(8)4-7(9)3-5;1-5-2-3-6(8)4-7(5)9;1-5-3-2-4-6(8)7(5)9;1-5-2-6(8)4-7(9)3-5;1-5-3-2-4-6(8)7(5)9/h3-4H,5H2,1-2H3;4-5,10H,1-3H3;3-5H,1-2H3;2-4H,5H2,1H3;2-3H,1H3;5*2-4H,1H3. The van der Waals surface area contributed by atoms with Crippen LogP contribution in [-0.2, 0) is 0 Å². The summed E-state index contributed by atoms with van der Waals surface area (Å²) in [6.07, 6.45) is 0. The Kier molecular flexibility index (Phi) is 37.2. The summed E-state index contributed by atoms with van der Waals surface area (Å²) in [6, 6.07) is 46.0. The molecule has 10 aromatic rings. The first kappa shape index (κ1) is 84.3. The molecule has 0 unspecified atom stereocenters. The molecule has 0 saturated carbocycles. The van der Waals surface area contributed by atoms with E-state index in [0.717, 1.165) is 90.2 Å². The number of aromatic hydroxyl groups is 1. The molecule has 21 heteroatoms. The van der Waals surface area contributed by atoms with Crippen LogP contribution in [0, 0.1) is 112 Å². The lowest BCUT2D eigenvalue weighted by Gasteiger charge is -2.04. The molecule has 0 spiro atoms. The molecule has 2 heterocycles. The van der Waals surface area contributed by atoms with E-state index in [1.54, 1.807) is 50.4 Å². The Morgan fingerprint density at radius 1 is 0.330 bits per heavy atom. The number of halogens is 14. The van der Waals surface area contributed by atoms with E-state index in [4.69, 9.17) is 133 Å².